The third kappa shape index (κ3) is 3.18. The van der Waals surface area contributed by atoms with Gasteiger partial charge in [0.05, 0.1) is 0 Å². The highest BCUT2D eigenvalue weighted by molar-refractivity contribution is 5.22. The fourth-order valence-electron chi connectivity index (χ4n) is 1.02. The molecule has 0 heterocycles. The van der Waals surface area contributed by atoms with Crippen molar-refractivity contribution in [3.8, 4) is 0 Å². The number of hydrogen-bond acceptors (Lipinski definition) is 5. The Hall–Kier alpha value is -1.98. The molecule has 0 spiro atoms. The van der Waals surface area contributed by atoms with Gasteiger partial charge in [0.25, 0.3) is 5.09 Å². The van der Waals surface area contributed by atoms with Crippen LogP contribution in [0.3, 0.4) is 0 Å². The van der Waals surface area contributed by atoms with E-state index in [0.717, 1.165) is 0 Å². The molecule has 1 aromatic rings. The minimum absolute atomic E-state index is 0.0618. The van der Waals surface area contributed by atoms with Crippen LogP contribution in [0.5, 0.6) is 0 Å². The molecule has 0 aliphatic heterocycles. The van der Waals surface area contributed by atoms with Crippen molar-refractivity contribution in [3.05, 3.63) is 50.4 Å². The lowest BCUT2D eigenvalue weighted by Gasteiger charge is -2.00. The van der Waals surface area contributed by atoms with Crippen LogP contribution >= 0.6 is 0 Å². The van der Waals surface area contributed by atoms with Gasteiger partial charge in [0.15, 0.2) is 0 Å². The first kappa shape index (κ1) is 10.1. The third-order valence-electron chi connectivity index (χ3n) is 1.58. The summed E-state index contributed by atoms with van der Waals surface area (Å²) in [4.78, 5) is 24.0. The molecule has 0 amide bonds. The Morgan fingerprint density at radius 1 is 1.43 bits per heavy atom. The summed E-state index contributed by atoms with van der Waals surface area (Å²) >= 11 is 0. The number of nitrogens with zero attached hydrogens (tertiary/aromatic N) is 2. The Kier molecular flexibility index (Phi) is 3.54. The fourth-order valence-corrected chi connectivity index (χ4v) is 1.02. The van der Waals surface area contributed by atoms with Crippen molar-refractivity contribution in [2.45, 2.75) is 13.2 Å². The van der Waals surface area contributed by atoms with E-state index in [4.69, 9.17) is 0 Å². The molecule has 0 bridgehead atoms. The molecular formula is C8H8N2O4. The molecule has 0 unspecified atom stereocenters. The molecule has 0 fully saturated rings. The largest absolute Gasteiger partial charge is 0.309 e. The van der Waals surface area contributed by atoms with Gasteiger partial charge in [-0.3, -0.25) is 0 Å². The minimum atomic E-state index is -0.857. The van der Waals surface area contributed by atoms with Crippen LogP contribution in [0.25, 0.3) is 0 Å². The lowest BCUT2D eigenvalue weighted by Crippen LogP contribution is -2.00. The Bertz CT molecular complexity index is 340. The standard InChI is InChI=1S/C8H8N2O4/c11-9-5-7-2-1-3-8(4-7)6-14-10(12)13/h1-4H,5-6H2. The van der Waals surface area contributed by atoms with Crippen molar-refractivity contribution in [3.63, 3.8) is 0 Å². The lowest BCUT2D eigenvalue weighted by molar-refractivity contribution is -0.763. The first-order chi connectivity index (χ1) is 6.72. The maximum absolute atomic E-state index is 9.96. The minimum Gasteiger partial charge on any atom is -0.309 e. The molecule has 0 N–H and O–H groups in total. The number of hydrogen-bond donors (Lipinski definition) is 0. The van der Waals surface area contributed by atoms with Crippen molar-refractivity contribution in [1.29, 1.82) is 0 Å². The summed E-state index contributed by atoms with van der Waals surface area (Å²) in [5.41, 5.74) is 1.35. The molecule has 1 aromatic carbocycles. The summed E-state index contributed by atoms with van der Waals surface area (Å²) in [5.74, 6) is 0. The quantitative estimate of drug-likeness (QED) is 0.407. The van der Waals surface area contributed by atoms with Crippen LogP contribution in [0, 0.1) is 15.0 Å². The summed E-state index contributed by atoms with van der Waals surface area (Å²) in [6, 6.07) is 6.74. The highest BCUT2D eigenvalue weighted by Gasteiger charge is 1.99. The summed E-state index contributed by atoms with van der Waals surface area (Å²) in [6.07, 6.45) is 0. The molecule has 74 valence electrons. The topological polar surface area (TPSA) is 81.8 Å². The van der Waals surface area contributed by atoms with Crippen molar-refractivity contribution in [2.24, 2.45) is 5.18 Å². The highest BCUT2D eigenvalue weighted by Crippen LogP contribution is 2.07. The maximum Gasteiger partial charge on any atom is 0.294 e. The second-order valence-corrected chi connectivity index (χ2v) is 2.60. The molecule has 0 saturated carbocycles. The van der Waals surface area contributed by atoms with Crippen LogP contribution in [-0.2, 0) is 18.0 Å². The summed E-state index contributed by atoms with van der Waals surface area (Å²) in [6.45, 7) is -0.0496. The van der Waals surface area contributed by atoms with E-state index < -0.39 is 5.09 Å². The van der Waals surface area contributed by atoms with Crippen molar-refractivity contribution < 1.29 is 9.92 Å². The smallest absolute Gasteiger partial charge is 0.294 e. The van der Waals surface area contributed by atoms with Gasteiger partial charge in [-0.25, -0.2) is 0 Å². The average Bonchev–Trinajstić information content (AvgIpc) is 2.16. The summed E-state index contributed by atoms with van der Waals surface area (Å²) < 4.78 is 0. The molecule has 0 aliphatic rings. The maximum atomic E-state index is 9.96. The van der Waals surface area contributed by atoms with Crippen LogP contribution in [0.1, 0.15) is 11.1 Å². The van der Waals surface area contributed by atoms with E-state index in [1.54, 1.807) is 24.3 Å². The van der Waals surface area contributed by atoms with E-state index in [2.05, 4.69) is 10.0 Å². The normalized spacial score (nSPS) is 9.43. The second-order valence-electron chi connectivity index (χ2n) is 2.60. The average molecular weight is 196 g/mol. The van der Waals surface area contributed by atoms with Crippen LogP contribution in [0.2, 0.25) is 0 Å². The first-order valence-electron chi connectivity index (χ1n) is 3.86. The van der Waals surface area contributed by atoms with E-state index in [9.17, 15) is 15.0 Å². The SMILES string of the molecule is O=NCc1cccc(CO[N+](=O)[O-])c1. The van der Waals surface area contributed by atoms with Gasteiger partial charge in [-0.15, -0.1) is 10.1 Å². The highest BCUT2D eigenvalue weighted by atomic mass is 16.9. The van der Waals surface area contributed by atoms with Crippen molar-refractivity contribution >= 4 is 0 Å². The van der Waals surface area contributed by atoms with Gasteiger partial charge in [-0.1, -0.05) is 29.4 Å². The van der Waals surface area contributed by atoms with Gasteiger partial charge in [0.1, 0.15) is 13.2 Å². The summed E-state index contributed by atoms with van der Waals surface area (Å²) in [7, 11) is 0. The van der Waals surface area contributed by atoms with E-state index in [1.807, 2.05) is 0 Å². The van der Waals surface area contributed by atoms with E-state index in [0.29, 0.717) is 11.1 Å². The molecule has 0 aromatic heterocycles. The lowest BCUT2D eigenvalue weighted by atomic mass is 10.1. The van der Waals surface area contributed by atoms with Gasteiger partial charge in [0.2, 0.25) is 0 Å². The van der Waals surface area contributed by atoms with Gasteiger partial charge in [-0.05, 0) is 11.1 Å². The van der Waals surface area contributed by atoms with Crippen molar-refractivity contribution in [1.82, 2.24) is 0 Å². The monoisotopic (exact) mass is 196 g/mol. The molecule has 0 saturated heterocycles. The molecule has 0 aliphatic carbocycles. The molecule has 1 rings (SSSR count). The zero-order chi connectivity index (χ0) is 10.4. The van der Waals surface area contributed by atoms with Crippen LogP contribution in [-0.4, -0.2) is 5.09 Å². The Balaban J connectivity index is 2.63. The molecule has 6 heteroatoms. The van der Waals surface area contributed by atoms with E-state index >= 15 is 0 Å². The number of nitroso groups, excluding NO2 is 1. The second kappa shape index (κ2) is 4.90. The number of benzene rings is 1. The predicted octanol–water partition coefficient (Wildman–Crippen LogP) is 1.66. The molecule has 6 nitrogen and oxygen atoms in total. The van der Waals surface area contributed by atoms with Crippen LogP contribution < -0.4 is 0 Å². The van der Waals surface area contributed by atoms with E-state index in [-0.39, 0.29) is 13.2 Å². The molecular weight excluding hydrogens is 188 g/mol. The van der Waals surface area contributed by atoms with Gasteiger partial charge < -0.3 is 4.84 Å². The Labute approximate surface area is 79.6 Å². The van der Waals surface area contributed by atoms with Gasteiger partial charge in [0, 0.05) is 0 Å². The predicted molar refractivity (Wildman–Crippen MR) is 47.7 cm³/mol. The Morgan fingerprint density at radius 2 is 2.14 bits per heavy atom. The zero-order valence-corrected chi connectivity index (χ0v) is 7.25. The Morgan fingerprint density at radius 3 is 2.79 bits per heavy atom. The van der Waals surface area contributed by atoms with Crippen molar-refractivity contribution in [2.75, 3.05) is 0 Å². The van der Waals surface area contributed by atoms with E-state index in [1.165, 1.54) is 0 Å². The zero-order valence-electron chi connectivity index (χ0n) is 7.25. The summed E-state index contributed by atoms with van der Waals surface area (Å²) in [5, 5.41) is 11.8. The molecule has 0 radical (unpaired) electrons. The van der Waals surface area contributed by atoms with Crippen LogP contribution in [0.4, 0.5) is 0 Å². The number of rotatable bonds is 5. The van der Waals surface area contributed by atoms with Crippen LogP contribution in [0.15, 0.2) is 29.4 Å². The van der Waals surface area contributed by atoms with Gasteiger partial charge >= 0.3 is 0 Å². The molecule has 14 heavy (non-hydrogen) atoms. The van der Waals surface area contributed by atoms with Gasteiger partial charge in [-0.2, -0.15) is 4.91 Å². The fraction of sp³-hybridized carbons (Fsp3) is 0.250. The first-order valence-corrected chi connectivity index (χ1v) is 3.86. The molecule has 0 atom stereocenters. The third-order valence-corrected chi connectivity index (χ3v) is 1.58.